The lowest BCUT2D eigenvalue weighted by molar-refractivity contribution is -0.174. The van der Waals surface area contributed by atoms with E-state index in [9.17, 15) is 4.79 Å². The third-order valence-electron chi connectivity index (χ3n) is 4.89. The van der Waals surface area contributed by atoms with E-state index in [2.05, 4.69) is 12.2 Å². The van der Waals surface area contributed by atoms with E-state index in [1.54, 1.807) is 0 Å². The highest BCUT2D eigenvalue weighted by Crippen LogP contribution is 2.48. The number of carbonyl (C=O) groups is 1. The van der Waals surface area contributed by atoms with Gasteiger partial charge < -0.3 is 14.2 Å². The molecule has 1 unspecified atom stereocenters. The molecular formula is C16H24O4. The van der Waals surface area contributed by atoms with Crippen molar-refractivity contribution >= 4 is 5.97 Å². The Bertz CT molecular complexity index is 373. The van der Waals surface area contributed by atoms with E-state index in [1.807, 2.05) is 0 Å². The summed E-state index contributed by atoms with van der Waals surface area (Å²) >= 11 is 0. The van der Waals surface area contributed by atoms with Gasteiger partial charge in [0.15, 0.2) is 6.29 Å². The topological polar surface area (TPSA) is 44.8 Å². The lowest BCUT2D eigenvalue weighted by atomic mass is 9.84. The third-order valence-corrected chi connectivity index (χ3v) is 4.89. The molecule has 2 bridgehead atoms. The molecule has 4 nitrogen and oxygen atoms in total. The van der Waals surface area contributed by atoms with Gasteiger partial charge >= 0.3 is 5.97 Å². The van der Waals surface area contributed by atoms with E-state index >= 15 is 0 Å². The minimum Gasteiger partial charge on any atom is -0.466 e. The largest absolute Gasteiger partial charge is 0.466 e. The molecule has 1 saturated heterocycles. The predicted octanol–water partition coefficient (Wildman–Crippen LogP) is 2.53. The van der Waals surface area contributed by atoms with Gasteiger partial charge in [0.1, 0.15) is 0 Å². The lowest BCUT2D eigenvalue weighted by Gasteiger charge is -2.30. The zero-order chi connectivity index (χ0) is 13.9. The molecule has 3 aliphatic rings. The predicted molar refractivity (Wildman–Crippen MR) is 73.9 cm³/mol. The summed E-state index contributed by atoms with van der Waals surface area (Å²) in [6, 6.07) is 0. The quantitative estimate of drug-likeness (QED) is 0.573. The van der Waals surface area contributed by atoms with Gasteiger partial charge in [0.2, 0.25) is 0 Å². The maximum absolute atomic E-state index is 11.0. The summed E-state index contributed by atoms with van der Waals surface area (Å²) in [5.74, 6) is 1.84. The van der Waals surface area contributed by atoms with Crippen LogP contribution in [0.5, 0.6) is 0 Å². The number of rotatable bonds is 5. The first-order valence-electron chi connectivity index (χ1n) is 7.79. The maximum Gasteiger partial charge on any atom is 0.302 e. The zero-order valence-corrected chi connectivity index (χ0v) is 12.1. The van der Waals surface area contributed by atoms with Crippen molar-refractivity contribution in [1.29, 1.82) is 0 Å². The summed E-state index contributed by atoms with van der Waals surface area (Å²) in [7, 11) is 0. The smallest absolute Gasteiger partial charge is 0.302 e. The van der Waals surface area contributed by atoms with Crippen LogP contribution in [0, 0.1) is 23.7 Å². The monoisotopic (exact) mass is 280 g/mol. The lowest BCUT2D eigenvalue weighted by Crippen LogP contribution is -2.32. The number of esters is 1. The number of fused-ring (bicyclic) bond motifs is 2. The van der Waals surface area contributed by atoms with Crippen LogP contribution in [0.3, 0.4) is 0 Å². The molecule has 0 aromatic rings. The number of hydrogen-bond acceptors (Lipinski definition) is 4. The molecule has 1 heterocycles. The highest BCUT2D eigenvalue weighted by Gasteiger charge is 2.45. The van der Waals surface area contributed by atoms with Gasteiger partial charge in [-0.2, -0.15) is 0 Å². The Labute approximate surface area is 120 Å². The molecule has 0 amide bonds. The normalized spacial score (nSPS) is 39.1. The van der Waals surface area contributed by atoms with E-state index < -0.39 is 0 Å². The number of ether oxygens (including phenoxy) is 3. The van der Waals surface area contributed by atoms with Crippen LogP contribution in [0.1, 0.15) is 32.6 Å². The van der Waals surface area contributed by atoms with Gasteiger partial charge in [-0.3, -0.25) is 4.79 Å². The van der Waals surface area contributed by atoms with Crippen molar-refractivity contribution in [3.05, 3.63) is 12.2 Å². The van der Waals surface area contributed by atoms with Gasteiger partial charge in [0.25, 0.3) is 0 Å². The summed E-state index contributed by atoms with van der Waals surface area (Å²) < 4.78 is 16.8. The molecule has 0 aromatic carbocycles. The minimum atomic E-state index is -0.188. The first-order chi connectivity index (χ1) is 9.74. The van der Waals surface area contributed by atoms with Crippen molar-refractivity contribution in [2.45, 2.75) is 38.9 Å². The molecule has 0 spiro atoms. The van der Waals surface area contributed by atoms with Crippen LogP contribution in [0.15, 0.2) is 12.2 Å². The molecule has 112 valence electrons. The second-order valence-corrected chi connectivity index (χ2v) is 6.21. The van der Waals surface area contributed by atoms with Crippen molar-refractivity contribution in [1.82, 2.24) is 0 Å². The SMILES string of the molecule is CC(=O)OC[C@@H]1[C@H](COC2CCCCO2)[C@@H]2C=C[C@H]1C2. The highest BCUT2D eigenvalue weighted by molar-refractivity contribution is 5.65. The molecule has 2 fully saturated rings. The Balaban J connectivity index is 1.52. The number of carbonyl (C=O) groups excluding carboxylic acids is 1. The fourth-order valence-electron chi connectivity index (χ4n) is 3.80. The minimum absolute atomic E-state index is 0.0266. The zero-order valence-electron chi connectivity index (χ0n) is 12.1. The molecule has 20 heavy (non-hydrogen) atoms. The molecule has 1 saturated carbocycles. The molecule has 0 N–H and O–H groups in total. The van der Waals surface area contributed by atoms with E-state index in [4.69, 9.17) is 14.2 Å². The van der Waals surface area contributed by atoms with Crippen LogP contribution in [0.2, 0.25) is 0 Å². The molecule has 0 radical (unpaired) electrons. The molecule has 0 aromatic heterocycles. The van der Waals surface area contributed by atoms with Gasteiger partial charge in [0.05, 0.1) is 13.2 Å². The van der Waals surface area contributed by atoms with Gasteiger partial charge in [-0.05, 0) is 43.4 Å². The van der Waals surface area contributed by atoms with E-state index in [0.717, 1.165) is 26.1 Å². The van der Waals surface area contributed by atoms with Gasteiger partial charge in [-0.1, -0.05) is 12.2 Å². The summed E-state index contributed by atoms with van der Waals surface area (Å²) in [4.78, 5) is 11.0. The van der Waals surface area contributed by atoms with Gasteiger partial charge in [-0.25, -0.2) is 0 Å². The number of hydrogen-bond donors (Lipinski definition) is 0. The van der Waals surface area contributed by atoms with E-state index in [0.29, 0.717) is 30.3 Å². The molecule has 5 atom stereocenters. The van der Waals surface area contributed by atoms with Crippen LogP contribution < -0.4 is 0 Å². The van der Waals surface area contributed by atoms with Gasteiger partial charge in [-0.15, -0.1) is 0 Å². The Morgan fingerprint density at radius 3 is 2.60 bits per heavy atom. The van der Waals surface area contributed by atoms with Crippen LogP contribution in [-0.2, 0) is 19.0 Å². The Hall–Kier alpha value is -0.870. The second kappa shape index (κ2) is 6.27. The van der Waals surface area contributed by atoms with Crippen LogP contribution in [0.4, 0.5) is 0 Å². The Kier molecular flexibility index (Phi) is 4.41. The van der Waals surface area contributed by atoms with Crippen LogP contribution in [-0.4, -0.2) is 32.1 Å². The highest BCUT2D eigenvalue weighted by atomic mass is 16.7. The molecular weight excluding hydrogens is 256 g/mol. The van der Waals surface area contributed by atoms with E-state index in [-0.39, 0.29) is 12.3 Å². The fraction of sp³-hybridized carbons (Fsp3) is 0.812. The van der Waals surface area contributed by atoms with E-state index in [1.165, 1.54) is 19.8 Å². The molecule has 1 aliphatic heterocycles. The van der Waals surface area contributed by atoms with Crippen molar-refractivity contribution in [3.8, 4) is 0 Å². The van der Waals surface area contributed by atoms with Crippen molar-refractivity contribution < 1.29 is 19.0 Å². The standard InChI is InChI=1S/C16H24O4/c1-11(17)19-9-14-12-5-6-13(8-12)15(14)10-20-16-4-2-3-7-18-16/h5-6,12-16H,2-4,7-10H2,1H3/t12-,13+,14-,15+,16?/m0/s1. The first-order valence-corrected chi connectivity index (χ1v) is 7.79. The summed E-state index contributed by atoms with van der Waals surface area (Å²) in [5.41, 5.74) is 0. The van der Waals surface area contributed by atoms with Crippen LogP contribution >= 0.6 is 0 Å². The molecule has 4 heteroatoms. The Morgan fingerprint density at radius 2 is 1.95 bits per heavy atom. The maximum atomic E-state index is 11.0. The number of allylic oxidation sites excluding steroid dienone is 2. The van der Waals surface area contributed by atoms with Crippen LogP contribution in [0.25, 0.3) is 0 Å². The summed E-state index contributed by atoms with van der Waals surface area (Å²) in [5, 5.41) is 0. The second-order valence-electron chi connectivity index (χ2n) is 6.21. The molecule has 2 aliphatic carbocycles. The average Bonchev–Trinajstić information content (AvgIpc) is 3.05. The average molecular weight is 280 g/mol. The molecule has 3 rings (SSSR count). The van der Waals surface area contributed by atoms with Gasteiger partial charge in [0, 0.05) is 19.4 Å². The van der Waals surface area contributed by atoms with Crippen molar-refractivity contribution in [2.24, 2.45) is 23.7 Å². The third kappa shape index (κ3) is 3.07. The van der Waals surface area contributed by atoms with Crippen molar-refractivity contribution in [2.75, 3.05) is 19.8 Å². The van der Waals surface area contributed by atoms with Crippen molar-refractivity contribution in [3.63, 3.8) is 0 Å². The Morgan fingerprint density at radius 1 is 1.20 bits per heavy atom. The summed E-state index contributed by atoms with van der Waals surface area (Å²) in [6.07, 6.45) is 9.10. The fourth-order valence-corrected chi connectivity index (χ4v) is 3.80. The first kappa shape index (κ1) is 14.1. The summed E-state index contributed by atoms with van der Waals surface area (Å²) in [6.45, 7) is 3.55.